The number of benzene rings is 1. The Labute approximate surface area is 104 Å². The molecule has 18 heavy (non-hydrogen) atoms. The maximum absolute atomic E-state index is 5.87. The van der Waals surface area contributed by atoms with E-state index in [0.717, 1.165) is 16.6 Å². The first-order valence-electron chi connectivity index (χ1n) is 5.64. The minimum Gasteiger partial charge on any atom is -0.394 e. The Morgan fingerprint density at radius 3 is 2.83 bits per heavy atom. The first kappa shape index (κ1) is 10.6. The Morgan fingerprint density at radius 2 is 2.06 bits per heavy atom. The Hall–Kier alpha value is -2.56. The summed E-state index contributed by atoms with van der Waals surface area (Å²) < 4.78 is 1.68. The number of fused-ring (bicyclic) bond motifs is 1. The minimum atomic E-state index is 0.616. The van der Waals surface area contributed by atoms with Crippen molar-refractivity contribution in [3.63, 3.8) is 0 Å². The van der Waals surface area contributed by atoms with Crippen LogP contribution in [0, 0.1) is 0 Å². The van der Waals surface area contributed by atoms with Gasteiger partial charge in [0.2, 0.25) is 0 Å². The molecule has 3 N–H and O–H groups in total. The fraction of sp³-hybridized carbons (Fsp3) is 0.0769. The van der Waals surface area contributed by atoms with Crippen molar-refractivity contribution in [2.75, 3.05) is 11.1 Å². The number of anilines is 3. The molecule has 0 saturated carbocycles. The van der Waals surface area contributed by atoms with E-state index in [1.165, 1.54) is 0 Å². The van der Waals surface area contributed by atoms with E-state index >= 15 is 0 Å². The number of aromatic nitrogens is 3. The summed E-state index contributed by atoms with van der Waals surface area (Å²) in [6.07, 6.45) is 3.54. The van der Waals surface area contributed by atoms with Crippen LogP contribution in [-0.2, 0) is 7.05 Å². The van der Waals surface area contributed by atoms with Gasteiger partial charge in [-0.05, 0) is 12.1 Å². The predicted octanol–water partition coefficient (Wildman–Crippen LogP) is 2.29. The Kier molecular flexibility index (Phi) is 2.37. The van der Waals surface area contributed by atoms with Crippen LogP contribution in [0.3, 0.4) is 0 Å². The highest BCUT2D eigenvalue weighted by Crippen LogP contribution is 2.26. The summed E-state index contributed by atoms with van der Waals surface area (Å²) in [4.78, 5) is 4.38. The Balaban J connectivity index is 2.07. The van der Waals surface area contributed by atoms with E-state index < -0.39 is 0 Å². The largest absolute Gasteiger partial charge is 0.394 e. The van der Waals surface area contributed by atoms with Crippen LogP contribution in [0.25, 0.3) is 10.9 Å². The smallest absolute Gasteiger partial charge is 0.175 e. The molecule has 0 aliphatic heterocycles. The summed E-state index contributed by atoms with van der Waals surface area (Å²) in [7, 11) is 1.84. The molecule has 90 valence electrons. The zero-order chi connectivity index (χ0) is 12.5. The van der Waals surface area contributed by atoms with Crippen molar-refractivity contribution in [2.24, 2.45) is 7.05 Å². The molecule has 5 nitrogen and oxygen atoms in total. The van der Waals surface area contributed by atoms with Gasteiger partial charge in [-0.3, -0.25) is 9.67 Å². The van der Waals surface area contributed by atoms with E-state index in [2.05, 4.69) is 15.4 Å². The van der Waals surface area contributed by atoms with Crippen LogP contribution in [-0.4, -0.2) is 14.8 Å². The van der Waals surface area contributed by atoms with Gasteiger partial charge in [-0.1, -0.05) is 18.2 Å². The topological polar surface area (TPSA) is 68.8 Å². The van der Waals surface area contributed by atoms with Crippen LogP contribution in [0.5, 0.6) is 0 Å². The van der Waals surface area contributed by atoms with E-state index in [9.17, 15) is 0 Å². The lowest BCUT2D eigenvalue weighted by Gasteiger charge is -2.07. The number of hydrogen-bond acceptors (Lipinski definition) is 4. The number of para-hydroxylation sites is 1. The molecule has 0 fully saturated rings. The molecule has 1 aromatic carbocycles. The molecule has 2 aromatic heterocycles. The van der Waals surface area contributed by atoms with Crippen LogP contribution in [0.15, 0.2) is 42.7 Å². The number of hydrogen-bond donors (Lipinski definition) is 2. The average molecular weight is 239 g/mol. The molecule has 0 aliphatic rings. The molecule has 0 amide bonds. The second-order valence-electron chi connectivity index (χ2n) is 4.11. The van der Waals surface area contributed by atoms with Gasteiger partial charge in [-0.2, -0.15) is 5.10 Å². The lowest BCUT2D eigenvalue weighted by molar-refractivity contribution is 0.771. The lowest BCUT2D eigenvalue weighted by Crippen LogP contribution is -1.97. The van der Waals surface area contributed by atoms with Gasteiger partial charge in [0, 0.05) is 24.8 Å². The Bertz CT molecular complexity index is 696. The van der Waals surface area contributed by atoms with Crippen LogP contribution in [0.4, 0.5) is 17.2 Å². The maximum atomic E-state index is 5.87. The number of nitrogens with one attached hydrogen (secondary N) is 1. The lowest BCUT2D eigenvalue weighted by atomic mass is 10.2. The zero-order valence-corrected chi connectivity index (χ0v) is 9.96. The van der Waals surface area contributed by atoms with Gasteiger partial charge in [-0.15, -0.1) is 0 Å². The van der Waals surface area contributed by atoms with E-state index in [0.29, 0.717) is 11.5 Å². The van der Waals surface area contributed by atoms with Gasteiger partial charge in [0.15, 0.2) is 5.82 Å². The molecule has 0 aliphatic carbocycles. The van der Waals surface area contributed by atoms with E-state index in [4.69, 9.17) is 5.73 Å². The van der Waals surface area contributed by atoms with Gasteiger partial charge >= 0.3 is 0 Å². The van der Waals surface area contributed by atoms with Crippen molar-refractivity contribution in [1.82, 2.24) is 14.8 Å². The normalized spacial score (nSPS) is 10.7. The van der Waals surface area contributed by atoms with E-state index in [1.807, 2.05) is 37.4 Å². The van der Waals surface area contributed by atoms with Crippen molar-refractivity contribution in [3.05, 3.63) is 42.7 Å². The van der Waals surface area contributed by atoms with Crippen molar-refractivity contribution in [2.45, 2.75) is 0 Å². The molecule has 3 rings (SSSR count). The minimum absolute atomic E-state index is 0.616. The summed E-state index contributed by atoms with van der Waals surface area (Å²) >= 11 is 0. The molecular weight excluding hydrogens is 226 g/mol. The third kappa shape index (κ3) is 1.75. The number of aryl methyl sites for hydroxylation is 1. The fourth-order valence-corrected chi connectivity index (χ4v) is 1.94. The van der Waals surface area contributed by atoms with Crippen LogP contribution in [0.2, 0.25) is 0 Å². The molecule has 0 atom stereocenters. The molecule has 0 bridgehead atoms. The zero-order valence-electron chi connectivity index (χ0n) is 9.96. The molecule has 2 heterocycles. The van der Waals surface area contributed by atoms with Gasteiger partial charge in [0.25, 0.3) is 0 Å². The van der Waals surface area contributed by atoms with Crippen molar-refractivity contribution in [1.29, 1.82) is 0 Å². The SMILES string of the molecule is Cn1cc(N)c(Nc2cccc3cccnc23)n1. The highest BCUT2D eigenvalue weighted by atomic mass is 15.3. The number of nitrogen functional groups attached to an aromatic ring is 1. The predicted molar refractivity (Wildman–Crippen MR) is 72.6 cm³/mol. The summed E-state index contributed by atoms with van der Waals surface area (Å²) in [6, 6.07) is 9.90. The molecule has 0 spiro atoms. The standard InChI is InChI=1S/C13H13N5/c1-18-8-10(14)13(17-18)16-11-6-2-4-9-5-3-7-15-12(9)11/h2-8H,14H2,1H3,(H,16,17). The van der Waals surface area contributed by atoms with Gasteiger partial charge in [-0.25, -0.2) is 0 Å². The highest BCUT2D eigenvalue weighted by molar-refractivity contribution is 5.92. The maximum Gasteiger partial charge on any atom is 0.175 e. The van der Waals surface area contributed by atoms with Gasteiger partial charge < -0.3 is 11.1 Å². The second kappa shape index (κ2) is 4.03. The molecule has 3 aromatic rings. The van der Waals surface area contributed by atoms with Crippen molar-refractivity contribution in [3.8, 4) is 0 Å². The quantitative estimate of drug-likeness (QED) is 0.720. The highest BCUT2D eigenvalue weighted by Gasteiger charge is 2.07. The number of pyridine rings is 1. The number of rotatable bonds is 2. The first-order valence-corrected chi connectivity index (χ1v) is 5.64. The van der Waals surface area contributed by atoms with Crippen LogP contribution >= 0.6 is 0 Å². The summed E-state index contributed by atoms with van der Waals surface area (Å²) in [6.45, 7) is 0. The molecule has 5 heteroatoms. The van der Waals surface area contributed by atoms with E-state index in [1.54, 1.807) is 17.1 Å². The summed E-state index contributed by atoms with van der Waals surface area (Å²) in [5, 5.41) is 8.56. The third-order valence-electron chi connectivity index (χ3n) is 2.74. The van der Waals surface area contributed by atoms with Gasteiger partial charge in [0.05, 0.1) is 16.9 Å². The summed E-state index contributed by atoms with van der Waals surface area (Å²) in [5.41, 5.74) is 8.29. The average Bonchev–Trinajstić information content (AvgIpc) is 2.68. The number of nitrogens with two attached hydrogens (primary N) is 1. The van der Waals surface area contributed by atoms with Crippen LogP contribution in [0.1, 0.15) is 0 Å². The molecule has 0 saturated heterocycles. The van der Waals surface area contributed by atoms with Gasteiger partial charge in [0.1, 0.15) is 0 Å². The number of nitrogens with zero attached hydrogens (tertiary/aromatic N) is 3. The second-order valence-corrected chi connectivity index (χ2v) is 4.11. The first-order chi connectivity index (χ1) is 8.74. The fourth-order valence-electron chi connectivity index (χ4n) is 1.94. The van der Waals surface area contributed by atoms with E-state index in [-0.39, 0.29) is 0 Å². The molecule has 0 radical (unpaired) electrons. The summed E-state index contributed by atoms with van der Waals surface area (Å²) in [5.74, 6) is 0.649. The monoisotopic (exact) mass is 239 g/mol. The molecular formula is C13H13N5. The third-order valence-corrected chi connectivity index (χ3v) is 2.74. The van der Waals surface area contributed by atoms with Crippen molar-refractivity contribution < 1.29 is 0 Å². The van der Waals surface area contributed by atoms with Crippen LogP contribution < -0.4 is 11.1 Å². The molecule has 0 unspecified atom stereocenters. The Morgan fingerprint density at radius 1 is 1.22 bits per heavy atom. The van der Waals surface area contributed by atoms with Crippen molar-refractivity contribution >= 4 is 28.1 Å².